The number of nitrogens with one attached hydrogen (secondary N) is 1. The Labute approximate surface area is 121 Å². The van der Waals surface area contributed by atoms with Crippen molar-refractivity contribution in [1.82, 2.24) is 10.4 Å². The molecular formula is C15H27N3O2. The Bertz CT molecular complexity index is 424. The Morgan fingerprint density at radius 1 is 1.35 bits per heavy atom. The summed E-state index contributed by atoms with van der Waals surface area (Å²) in [6, 6.07) is 0.0403. The Morgan fingerprint density at radius 2 is 2.05 bits per heavy atom. The molecule has 1 rings (SSSR count). The molecule has 0 amide bonds. The molecular weight excluding hydrogens is 254 g/mol. The number of hydrogen-bond acceptors (Lipinski definition) is 5. The lowest BCUT2D eigenvalue weighted by molar-refractivity contribution is 0.0605. The van der Waals surface area contributed by atoms with E-state index in [9.17, 15) is 0 Å². The van der Waals surface area contributed by atoms with E-state index in [0.717, 1.165) is 41.8 Å². The second-order valence-corrected chi connectivity index (χ2v) is 5.09. The van der Waals surface area contributed by atoms with Gasteiger partial charge in [-0.05, 0) is 20.3 Å². The van der Waals surface area contributed by atoms with Gasteiger partial charge in [0.2, 0.25) is 0 Å². The average molecular weight is 281 g/mol. The first-order valence-corrected chi connectivity index (χ1v) is 7.06. The van der Waals surface area contributed by atoms with E-state index < -0.39 is 0 Å². The first-order valence-electron chi connectivity index (χ1n) is 7.06. The number of hydrazine groups is 1. The summed E-state index contributed by atoms with van der Waals surface area (Å²) in [4.78, 5) is 4.52. The van der Waals surface area contributed by atoms with E-state index >= 15 is 0 Å². The highest BCUT2D eigenvalue weighted by molar-refractivity contribution is 5.41. The number of methoxy groups -OCH3 is 2. The monoisotopic (exact) mass is 281 g/mol. The predicted octanol–water partition coefficient (Wildman–Crippen LogP) is 1.90. The van der Waals surface area contributed by atoms with E-state index in [1.165, 1.54) is 0 Å². The minimum Gasteiger partial charge on any atom is -0.496 e. The van der Waals surface area contributed by atoms with E-state index in [4.69, 9.17) is 15.3 Å². The van der Waals surface area contributed by atoms with Crippen LogP contribution >= 0.6 is 0 Å². The van der Waals surface area contributed by atoms with Gasteiger partial charge in [0.25, 0.3) is 0 Å². The first-order chi connectivity index (χ1) is 9.58. The third-order valence-corrected chi connectivity index (χ3v) is 3.70. The lowest BCUT2D eigenvalue weighted by atomic mass is 9.98. The highest BCUT2D eigenvalue weighted by Crippen LogP contribution is 2.25. The number of ether oxygens (including phenoxy) is 2. The summed E-state index contributed by atoms with van der Waals surface area (Å²) in [5.41, 5.74) is 5.97. The predicted molar refractivity (Wildman–Crippen MR) is 80.8 cm³/mol. The first kappa shape index (κ1) is 16.9. The van der Waals surface area contributed by atoms with Crippen molar-refractivity contribution in [2.24, 2.45) is 5.84 Å². The molecule has 0 aliphatic heterocycles. The smallest absolute Gasteiger partial charge is 0.128 e. The van der Waals surface area contributed by atoms with Crippen molar-refractivity contribution >= 4 is 0 Å². The molecule has 0 aliphatic rings. The SMILES string of the molecule is CCCC(OC)C(Cc1ncc(C)c(OC)c1C)NN. The zero-order valence-electron chi connectivity index (χ0n) is 13.2. The number of pyridine rings is 1. The Balaban J connectivity index is 2.95. The lowest BCUT2D eigenvalue weighted by Crippen LogP contribution is -2.46. The second-order valence-electron chi connectivity index (χ2n) is 5.09. The maximum atomic E-state index is 5.69. The van der Waals surface area contributed by atoms with Crippen molar-refractivity contribution < 1.29 is 9.47 Å². The van der Waals surface area contributed by atoms with Gasteiger partial charge >= 0.3 is 0 Å². The number of nitrogens with two attached hydrogens (primary N) is 1. The van der Waals surface area contributed by atoms with Gasteiger partial charge in [-0.1, -0.05) is 13.3 Å². The fraction of sp³-hybridized carbons (Fsp3) is 0.667. The lowest BCUT2D eigenvalue weighted by Gasteiger charge is -2.25. The van der Waals surface area contributed by atoms with Crippen molar-refractivity contribution in [1.29, 1.82) is 0 Å². The maximum Gasteiger partial charge on any atom is 0.128 e. The number of hydrogen-bond donors (Lipinski definition) is 2. The van der Waals surface area contributed by atoms with Crippen molar-refractivity contribution in [3.05, 3.63) is 23.0 Å². The molecule has 1 aromatic rings. The molecule has 3 N–H and O–H groups in total. The second kappa shape index (κ2) is 8.19. The van der Waals surface area contributed by atoms with Crippen LogP contribution in [0.2, 0.25) is 0 Å². The topological polar surface area (TPSA) is 69.4 Å². The van der Waals surface area contributed by atoms with Crippen molar-refractivity contribution in [3.63, 3.8) is 0 Å². The minimum absolute atomic E-state index is 0.0403. The quantitative estimate of drug-likeness (QED) is 0.562. The molecule has 1 heterocycles. The summed E-state index contributed by atoms with van der Waals surface area (Å²) in [7, 11) is 3.41. The molecule has 0 saturated heterocycles. The van der Waals surface area contributed by atoms with Gasteiger partial charge in [0.15, 0.2) is 0 Å². The van der Waals surface area contributed by atoms with E-state index in [1.807, 2.05) is 20.0 Å². The molecule has 0 bridgehead atoms. The van der Waals surface area contributed by atoms with Gasteiger partial charge in [-0.15, -0.1) is 0 Å². The maximum absolute atomic E-state index is 5.69. The average Bonchev–Trinajstić information content (AvgIpc) is 2.45. The highest BCUT2D eigenvalue weighted by atomic mass is 16.5. The van der Waals surface area contributed by atoms with E-state index in [1.54, 1.807) is 14.2 Å². The van der Waals surface area contributed by atoms with E-state index in [0.29, 0.717) is 0 Å². The normalized spacial score (nSPS) is 14.1. The van der Waals surface area contributed by atoms with Crippen molar-refractivity contribution in [3.8, 4) is 5.75 Å². The molecule has 5 heteroatoms. The summed E-state index contributed by atoms with van der Waals surface area (Å²) >= 11 is 0. The summed E-state index contributed by atoms with van der Waals surface area (Å²) in [5.74, 6) is 6.59. The molecule has 0 saturated carbocycles. The number of aryl methyl sites for hydroxylation is 1. The van der Waals surface area contributed by atoms with Gasteiger partial charge in [0.1, 0.15) is 5.75 Å². The summed E-state index contributed by atoms with van der Waals surface area (Å²) in [5, 5.41) is 0. The molecule has 2 atom stereocenters. The molecule has 0 aromatic carbocycles. The molecule has 114 valence electrons. The highest BCUT2D eigenvalue weighted by Gasteiger charge is 2.22. The van der Waals surface area contributed by atoms with Crippen LogP contribution in [0, 0.1) is 13.8 Å². The molecule has 0 fully saturated rings. The van der Waals surface area contributed by atoms with Gasteiger partial charge in [0, 0.05) is 36.5 Å². The largest absolute Gasteiger partial charge is 0.496 e. The standard InChI is InChI=1S/C15H27N3O2/c1-6-7-14(19-4)13(18-16)8-12-11(3)15(20-5)10(2)9-17-12/h9,13-14,18H,6-8,16H2,1-5H3. The van der Waals surface area contributed by atoms with Crippen molar-refractivity contribution in [2.45, 2.75) is 52.2 Å². The van der Waals surface area contributed by atoms with Gasteiger partial charge in [-0.25, -0.2) is 0 Å². The van der Waals surface area contributed by atoms with Gasteiger partial charge in [-0.2, -0.15) is 0 Å². The fourth-order valence-electron chi connectivity index (χ4n) is 2.55. The Morgan fingerprint density at radius 3 is 2.55 bits per heavy atom. The van der Waals surface area contributed by atoms with Crippen LogP contribution in [0.15, 0.2) is 6.20 Å². The molecule has 20 heavy (non-hydrogen) atoms. The number of aromatic nitrogens is 1. The van der Waals surface area contributed by atoms with Crippen LogP contribution in [-0.2, 0) is 11.2 Å². The van der Waals surface area contributed by atoms with Crippen LogP contribution in [0.25, 0.3) is 0 Å². The zero-order valence-corrected chi connectivity index (χ0v) is 13.2. The number of rotatable bonds is 8. The van der Waals surface area contributed by atoms with Crippen LogP contribution in [0.4, 0.5) is 0 Å². The Hall–Kier alpha value is -1.17. The van der Waals surface area contributed by atoms with Gasteiger partial charge in [-0.3, -0.25) is 16.3 Å². The fourth-order valence-corrected chi connectivity index (χ4v) is 2.55. The Kier molecular flexibility index (Phi) is 6.91. The summed E-state index contributed by atoms with van der Waals surface area (Å²) < 4.78 is 11.0. The summed E-state index contributed by atoms with van der Waals surface area (Å²) in [6.07, 6.45) is 4.67. The van der Waals surface area contributed by atoms with Crippen LogP contribution in [0.5, 0.6) is 5.75 Å². The van der Waals surface area contributed by atoms with Gasteiger partial charge < -0.3 is 9.47 Å². The van der Waals surface area contributed by atoms with Crippen LogP contribution in [0.3, 0.4) is 0 Å². The molecule has 0 aliphatic carbocycles. The molecule has 0 radical (unpaired) electrons. The molecule has 2 unspecified atom stereocenters. The van der Waals surface area contributed by atoms with Crippen molar-refractivity contribution in [2.75, 3.05) is 14.2 Å². The molecule has 5 nitrogen and oxygen atoms in total. The third-order valence-electron chi connectivity index (χ3n) is 3.70. The third kappa shape index (κ3) is 3.91. The van der Waals surface area contributed by atoms with E-state index in [-0.39, 0.29) is 12.1 Å². The molecule has 0 spiro atoms. The molecule has 1 aromatic heterocycles. The van der Waals surface area contributed by atoms with Crippen LogP contribution in [-0.4, -0.2) is 31.3 Å². The summed E-state index contributed by atoms with van der Waals surface area (Å²) in [6.45, 7) is 6.16. The van der Waals surface area contributed by atoms with E-state index in [2.05, 4.69) is 17.3 Å². The van der Waals surface area contributed by atoms with Crippen LogP contribution in [0.1, 0.15) is 36.6 Å². The zero-order chi connectivity index (χ0) is 15.1. The van der Waals surface area contributed by atoms with Gasteiger partial charge in [0.05, 0.1) is 19.3 Å². The van der Waals surface area contributed by atoms with Crippen LogP contribution < -0.4 is 16.0 Å². The number of nitrogens with zero attached hydrogens (tertiary/aromatic N) is 1. The minimum atomic E-state index is 0.0403.